The van der Waals surface area contributed by atoms with Crippen LogP contribution < -0.4 is 0 Å². The molecular weight excluding hydrogens is 1990 g/mol. The average Bonchev–Trinajstić information content (AvgIpc) is 3.18. The summed E-state index contributed by atoms with van der Waals surface area (Å²) in [5.41, 5.74) is 2.89. The summed E-state index contributed by atoms with van der Waals surface area (Å²) in [4.78, 5) is 0. The molecule has 10 atom stereocenters. The Morgan fingerprint density at radius 1 is 0.272 bits per heavy atom. The first-order valence-electron chi connectivity index (χ1n) is 19.5. The first-order valence-corrected chi connectivity index (χ1v) is 19.5. The second kappa shape index (κ2) is 79.1. The number of benzene rings is 4. The molecule has 4 rings (SSSR count). The fraction of sp³-hybridized carbons (Fsp3) is 0.520. The summed E-state index contributed by atoms with van der Waals surface area (Å²) < 4.78 is 70.2. The molecule has 0 aromatic heterocycles. The van der Waals surface area contributed by atoms with Gasteiger partial charge in [-0.2, -0.15) is 26.3 Å². The van der Waals surface area contributed by atoms with Gasteiger partial charge >= 0.3 is 118 Å². The molecule has 0 fully saturated rings. The first-order chi connectivity index (χ1) is 28.3. The zero-order chi connectivity index (χ0) is 46.8. The third kappa shape index (κ3) is 75.2. The Kier molecular flexibility index (Phi) is 140. The number of nitrogens with two attached hydrogens (primary N) is 10. The molecule has 0 amide bonds. The monoisotopic (exact) mass is 2090 g/mol. The Bertz CT molecular complexity index is 1640. The Morgan fingerprint density at radius 3 is 0.580 bits per heavy atom. The van der Waals surface area contributed by atoms with Gasteiger partial charge < -0.3 is 113 Å². The average molecular weight is 2090 g/mol. The van der Waals surface area contributed by atoms with Crippen molar-refractivity contribution in [3.63, 3.8) is 0 Å². The summed E-state index contributed by atoms with van der Waals surface area (Å²) in [6.07, 6.45) is -19.9. The Hall–Kier alpha value is -0.898. The molecule has 0 spiro atoms. The van der Waals surface area contributed by atoms with Crippen molar-refractivity contribution in [2.75, 3.05) is 0 Å². The molecule has 0 radical (unpaired) electrons. The molecule has 81 heavy (non-hydrogen) atoms. The van der Waals surface area contributed by atoms with Crippen molar-refractivity contribution in [2.45, 2.75) is 170 Å². The van der Waals surface area contributed by atoms with E-state index in [4.69, 9.17) is 30.6 Å². The third-order valence-corrected chi connectivity index (χ3v) is 8.20. The van der Waals surface area contributed by atoms with Gasteiger partial charge in [-0.1, -0.05) is 158 Å². The molecule has 30 N–H and O–H groups in total. The van der Waals surface area contributed by atoms with Gasteiger partial charge in [0.05, 0.1) is 48.8 Å². The van der Waals surface area contributed by atoms with E-state index in [9.17, 15) is 46.8 Å². The van der Waals surface area contributed by atoms with Crippen molar-refractivity contribution in [2.24, 2.45) is 0 Å². The van der Waals surface area contributed by atoms with E-state index in [0.29, 0.717) is 24.8 Å². The number of alkyl halides is 6. The molecule has 0 saturated carbocycles. The van der Waals surface area contributed by atoms with E-state index < -0.39 is 74.0 Å². The molecule has 0 saturated heterocycles. The van der Waals surface area contributed by atoms with Crippen LogP contribution in [0, 0.1) is 0 Å². The zero-order valence-corrected chi connectivity index (χ0v) is 53.3. The number of halogens is 6. The van der Waals surface area contributed by atoms with E-state index in [2.05, 4.69) is 0 Å². The van der Waals surface area contributed by atoms with Crippen LogP contribution in [0.2, 0.25) is 0 Å². The van der Waals surface area contributed by atoms with Crippen LogP contribution in [0.4, 0.5) is 26.3 Å². The van der Waals surface area contributed by atoms with Crippen molar-refractivity contribution in [1.82, 2.24) is 0 Å². The summed E-state index contributed by atoms with van der Waals surface area (Å²) >= 11 is 0. The number of aliphatic hydroxyl groups excluding tert-OH is 10. The van der Waals surface area contributed by atoms with Gasteiger partial charge in [0.25, 0.3) is 0 Å². The van der Waals surface area contributed by atoms with Gasteiger partial charge in [0.15, 0.2) is 12.2 Å². The van der Waals surface area contributed by atoms with E-state index in [0.717, 1.165) is 16.7 Å². The van der Waals surface area contributed by atoms with Crippen LogP contribution in [0.15, 0.2) is 121 Å². The van der Waals surface area contributed by atoms with Gasteiger partial charge in [-0.05, 0) is 56.4 Å². The molecule has 0 aliphatic heterocycles. The van der Waals surface area contributed by atoms with Crippen molar-refractivity contribution in [1.29, 1.82) is 0 Å². The van der Waals surface area contributed by atoms with Crippen LogP contribution in [0.25, 0.3) is 61.5 Å². The summed E-state index contributed by atoms with van der Waals surface area (Å²) in [5.74, 6) is 0. The maximum absolute atomic E-state index is 12.0. The molecule has 31 heteroatoms. The quantitative estimate of drug-likeness (QED) is 0.0532. The Balaban J connectivity index is -0.0000000281. The predicted octanol–water partition coefficient (Wildman–Crippen LogP) is 17.5. The van der Waals surface area contributed by atoms with E-state index >= 15 is 0 Å². The summed E-state index contributed by atoms with van der Waals surface area (Å²) in [7, 11) is 0. The van der Waals surface area contributed by atoms with Crippen LogP contribution in [0.3, 0.4) is 0 Å². The van der Waals surface area contributed by atoms with Gasteiger partial charge in [-0.25, -0.2) is 0 Å². The maximum atomic E-state index is 12.0. The summed E-state index contributed by atoms with van der Waals surface area (Å²) in [6.45, 7) is 6.18. The normalized spacial score (nSPS) is 12.2. The fourth-order valence-corrected chi connectivity index (χ4v) is 5.08. The molecule has 10 unspecified atom stereocenters. The van der Waals surface area contributed by atoms with E-state index in [1.165, 1.54) is 19.1 Å². The van der Waals surface area contributed by atoms with Crippen LogP contribution in [-0.2, 0) is 105 Å². The number of hydrogen-bond acceptors (Lipinski definition) is 10. The summed E-state index contributed by atoms with van der Waals surface area (Å²) in [6, 6.07) is 36.1. The molecule has 0 bridgehead atoms. The van der Waals surface area contributed by atoms with E-state index in [-0.39, 0.29) is 216 Å². The van der Waals surface area contributed by atoms with Crippen molar-refractivity contribution in [3.05, 3.63) is 205 Å². The van der Waals surface area contributed by atoms with Gasteiger partial charge in [0.2, 0.25) is 0 Å². The Morgan fingerprint density at radius 2 is 0.432 bits per heavy atom. The minimum Gasteiger partial charge on any atom is -0.693 e. The molecule has 0 aliphatic carbocycles. The van der Waals surface area contributed by atoms with Crippen LogP contribution >= 0.6 is 0 Å². The van der Waals surface area contributed by atoms with Gasteiger partial charge in [-0.3, -0.25) is 0 Å². The standard InChI is InChI=1S/C15H16O2.C10H11F3O2.C10H14O2.C5H9F3O2.C5H12O2.5CH4.10H2N.5Pt/c16-14(12-7-3-1-4-8-12)11-15(17)13-9-5-2-6-10-13;11-10(12,13)9(15)6-8(14)7-4-2-1-3-5-7;1-8(11)7-10(12)9-5-3-2-4-6-9;1-3(9)2-4(10)5(6,7)8;1-4(6)3-5(2)7;;;;;;;;;;;;;;;;;;;;/h1-10,14-17H,11H2;1-5,8-9,14-15H,6H2;2-6,8,10-12H,7H2,1H3;3-4,9-10H,2H2,1H3;4-7H,3H2,1-2H3;5*1H4;10*1H2;;;;;/q;;;;;;;;;;10*-1;5*+2. The van der Waals surface area contributed by atoms with Gasteiger partial charge in [0.1, 0.15) is 0 Å². The Labute approximate surface area is 553 Å². The minimum absolute atomic E-state index is 0. The van der Waals surface area contributed by atoms with Crippen molar-refractivity contribution < 1.29 is 183 Å². The zero-order valence-electron chi connectivity index (χ0n) is 42.0. The predicted molar refractivity (Wildman–Crippen MR) is 306 cm³/mol. The van der Waals surface area contributed by atoms with Gasteiger partial charge in [-0.15, -0.1) is 0 Å². The molecular formula is C50H102F6N10O10Pt5. The topological polar surface area (TPSA) is 537 Å². The van der Waals surface area contributed by atoms with Gasteiger partial charge in [0, 0.05) is 25.7 Å². The molecule has 0 aliphatic rings. The van der Waals surface area contributed by atoms with Crippen molar-refractivity contribution >= 4 is 0 Å². The smallest absolute Gasteiger partial charge is 0.693 e. The van der Waals surface area contributed by atoms with Crippen LogP contribution in [0.1, 0.15) is 144 Å². The van der Waals surface area contributed by atoms with Crippen LogP contribution in [-0.4, -0.2) is 100 Å². The number of hydrogen-bond donors (Lipinski definition) is 10. The summed E-state index contributed by atoms with van der Waals surface area (Å²) in [5, 5.41) is 90.5. The molecule has 504 valence electrons. The SMILES string of the molecule is C.C.C.C.C.CC(O)CC(C)O.CC(O)CC(O)C(F)(F)F.CC(O)CC(O)c1ccccc1.OC(CC(O)C(F)(F)F)c1ccccc1.OC(CC(O)c1ccccc1)c1ccccc1.[NH2-].[NH2-].[NH2-].[NH2-].[NH2-].[NH2-].[NH2-].[NH2-].[NH2-].[NH2-].[Pt+2].[Pt+2].[Pt+2].[Pt+2].[Pt+2]. The minimum atomic E-state index is -4.68. The van der Waals surface area contributed by atoms with E-state index in [1.54, 1.807) is 39.0 Å². The maximum Gasteiger partial charge on any atom is 2.00 e. The van der Waals surface area contributed by atoms with Crippen molar-refractivity contribution in [3.8, 4) is 0 Å². The largest absolute Gasteiger partial charge is 2.00 e. The molecule has 4 aromatic rings. The van der Waals surface area contributed by atoms with Crippen LogP contribution in [0.5, 0.6) is 0 Å². The third-order valence-electron chi connectivity index (χ3n) is 8.20. The fourth-order valence-electron chi connectivity index (χ4n) is 5.08. The second-order valence-electron chi connectivity index (χ2n) is 14.4. The molecule has 4 aromatic carbocycles. The molecule has 0 heterocycles. The first kappa shape index (κ1) is 143. The van der Waals surface area contributed by atoms with E-state index in [1.807, 2.05) is 91.0 Å². The number of aliphatic hydroxyl groups is 10. The molecule has 20 nitrogen and oxygen atoms in total. The second-order valence-corrected chi connectivity index (χ2v) is 14.4. The number of rotatable bonds is 14.